The fraction of sp³-hybridized carbons (Fsp3) is 0.447. The Balaban J connectivity index is 1.37. The first kappa shape index (κ1) is 46.2. The summed E-state index contributed by atoms with van der Waals surface area (Å²) in [6.07, 6.45) is 6.52. The number of epoxide rings is 1. The van der Waals surface area contributed by atoms with Gasteiger partial charge in [-0.2, -0.15) is 0 Å². The van der Waals surface area contributed by atoms with E-state index in [4.69, 9.17) is 20.6 Å². The Kier molecular flexibility index (Phi) is 16.7. The molecule has 2 saturated heterocycles. The van der Waals surface area contributed by atoms with Gasteiger partial charge in [0, 0.05) is 25.1 Å². The number of ether oxygens (including phenoxy) is 3. The Morgan fingerprint density at radius 2 is 1.48 bits per heavy atom. The monoisotopic (exact) mass is 835 g/mol. The molecule has 4 amide bonds. The molecule has 3 aromatic carbocycles. The standard InChI is InChI=1S/C47H57N5O9/c1-6-34-18-13-19-37(27-34)46(58)60-31-52(41(53)29-51-22-24-59-25-23-51)40(21-20-35-14-9-7-10-15-35)45(57)48-33(4)43(55)50-39(28-36-16-11-8-12-17-36)44(56)49-38(26-32(2)3)42(54)47(5)30-61-47/h1,7-19,27,32-33,38-40H,20-26,28-31H2,2-5H3,(H,48,57)(H,49,56)(H,50,55)/t33-,38-,39-,40-,47+/m0/s1. The van der Waals surface area contributed by atoms with Crippen molar-refractivity contribution in [2.24, 2.45) is 5.92 Å². The van der Waals surface area contributed by atoms with E-state index in [2.05, 4.69) is 21.9 Å². The number of rotatable bonds is 21. The molecule has 3 aromatic rings. The van der Waals surface area contributed by atoms with Gasteiger partial charge < -0.3 is 30.2 Å². The number of terminal acetylenes is 1. The summed E-state index contributed by atoms with van der Waals surface area (Å²) >= 11 is 0. The Hall–Kier alpha value is -5.88. The SMILES string of the molecule is C#Cc1cccc(C(=O)OCN(C(=O)CN2CCOCC2)[C@@H](CCc2ccccc2)C(=O)N[C@@H](C)C(=O)N[C@@H](Cc2ccccc2)C(=O)N[C@@H](CC(C)C)C(=O)[C@@]2(C)CO2)c1. The zero-order valence-electron chi connectivity index (χ0n) is 35.4. The number of benzene rings is 3. The van der Waals surface area contributed by atoms with E-state index in [-0.39, 0.29) is 43.3 Å². The number of amides is 4. The Bertz CT molecular complexity index is 2030. The Morgan fingerprint density at radius 3 is 2.10 bits per heavy atom. The van der Waals surface area contributed by atoms with Crippen molar-refractivity contribution in [3.63, 3.8) is 0 Å². The van der Waals surface area contributed by atoms with Crippen molar-refractivity contribution in [2.75, 3.05) is 46.2 Å². The van der Waals surface area contributed by atoms with Crippen molar-refractivity contribution in [3.8, 4) is 12.3 Å². The number of aryl methyl sites for hydroxylation is 1. The van der Waals surface area contributed by atoms with Crippen LogP contribution in [0.2, 0.25) is 0 Å². The van der Waals surface area contributed by atoms with Crippen LogP contribution in [0.3, 0.4) is 0 Å². The number of nitrogens with one attached hydrogen (secondary N) is 3. The number of Topliss-reactive ketones (excluding diaryl/α,β-unsaturated/α-hetero) is 1. The second-order valence-electron chi connectivity index (χ2n) is 16.1. The van der Waals surface area contributed by atoms with Crippen molar-refractivity contribution in [3.05, 3.63) is 107 Å². The van der Waals surface area contributed by atoms with Gasteiger partial charge in [-0.15, -0.1) is 6.42 Å². The number of hydrogen-bond donors (Lipinski definition) is 3. The zero-order chi connectivity index (χ0) is 43.9. The predicted octanol–water partition coefficient (Wildman–Crippen LogP) is 3.07. The Labute approximate surface area is 358 Å². The molecule has 14 nitrogen and oxygen atoms in total. The van der Waals surface area contributed by atoms with Crippen molar-refractivity contribution < 1.29 is 43.0 Å². The lowest BCUT2D eigenvalue weighted by Crippen LogP contribution is -2.59. The van der Waals surface area contributed by atoms with Crippen LogP contribution in [0.25, 0.3) is 0 Å². The van der Waals surface area contributed by atoms with E-state index in [1.54, 1.807) is 25.1 Å². The number of esters is 1. The maximum Gasteiger partial charge on any atom is 0.339 e. The third kappa shape index (κ3) is 13.8. The molecular weight excluding hydrogens is 779 g/mol. The Morgan fingerprint density at radius 1 is 0.836 bits per heavy atom. The first-order valence-corrected chi connectivity index (χ1v) is 20.8. The molecule has 0 saturated carbocycles. The number of hydrogen-bond acceptors (Lipinski definition) is 10. The highest BCUT2D eigenvalue weighted by atomic mass is 16.6. The first-order chi connectivity index (χ1) is 29.3. The van der Waals surface area contributed by atoms with Gasteiger partial charge in [-0.1, -0.05) is 86.5 Å². The molecule has 0 aromatic heterocycles. The van der Waals surface area contributed by atoms with Gasteiger partial charge in [0.05, 0.1) is 38.0 Å². The van der Waals surface area contributed by atoms with Crippen molar-refractivity contribution in [1.82, 2.24) is 25.8 Å². The third-order valence-electron chi connectivity index (χ3n) is 10.7. The molecule has 2 fully saturated rings. The highest BCUT2D eigenvalue weighted by Gasteiger charge is 2.50. The molecule has 0 aliphatic carbocycles. The number of nitrogens with zero attached hydrogens (tertiary/aromatic N) is 2. The second-order valence-corrected chi connectivity index (χ2v) is 16.1. The van der Waals surface area contributed by atoms with E-state index in [0.29, 0.717) is 44.7 Å². The molecule has 61 heavy (non-hydrogen) atoms. The van der Waals surface area contributed by atoms with Gasteiger partial charge in [-0.25, -0.2) is 4.79 Å². The minimum Gasteiger partial charge on any atom is -0.441 e. The molecule has 0 radical (unpaired) electrons. The highest BCUT2D eigenvalue weighted by Crippen LogP contribution is 2.30. The van der Waals surface area contributed by atoms with E-state index in [0.717, 1.165) is 11.1 Å². The molecule has 3 N–H and O–H groups in total. The van der Waals surface area contributed by atoms with Gasteiger partial charge in [0.15, 0.2) is 12.5 Å². The number of morpholine rings is 1. The average molecular weight is 836 g/mol. The molecule has 2 heterocycles. The summed E-state index contributed by atoms with van der Waals surface area (Å²) in [5.41, 5.74) is 1.34. The van der Waals surface area contributed by atoms with Gasteiger partial charge in [0.2, 0.25) is 23.6 Å². The van der Waals surface area contributed by atoms with Gasteiger partial charge in [-0.05, 0) is 68.4 Å². The number of carbonyl (C=O) groups is 6. The number of ketones is 1. The van der Waals surface area contributed by atoms with Crippen LogP contribution in [-0.4, -0.2) is 121 Å². The predicted molar refractivity (Wildman–Crippen MR) is 228 cm³/mol. The van der Waals surface area contributed by atoms with E-state index in [1.807, 2.05) is 79.4 Å². The molecule has 2 aliphatic heterocycles. The quantitative estimate of drug-likeness (QED) is 0.0626. The minimum atomic E-state index is -1.19. The fourth-order valence-corrected chi connectivity index (χ4v) is 7.03. The van der Waals surface area contributed by atoms with Crippen LogP contribution in [0.4, 0.5) is 0 Å². The average Bonchev–Trinajstić information content (AvgIpc) is 4.02. The molecule has 324 valence electrons. The maximum atomic E-state index is 14.4. The molecule has 5 rings (SSSR count). The van der Waals surface area contributed by atoms with Gasteiger partial charge in [-0.3, -0.25) is 33.8 Å². The highest BCUT2D eigenvalue weighted by molar-refractivity contribution is 5.99. The summed E-state index contributed by atoms with van der Waals surface area (Å²) in [5, 5.41) is 8.44. The summed E-state index contributed by atoms with van der Waals surface area (Å²) < 4.78 is 16.6. The van der Waals surface area contributed by atoms with Crippen LogP contribution >= 0.6 is 0 Å². The van der Waals surface area contributed by atoms with E-state index >= 15 is 0 Å². The summed E-state index contributed by atoms with van der Waals surface area (Å²) in [4.78, 5) is 86.4. The minimum absolute atomic E-state index is 0.0689. The number of carbonyl (C=O) groups excluding carboxylic acids is 6. The molecule has 14 heteroatoms. The summed E-state index contributed by atoms with van der Waals surface area (Å²) in [6, 6.07) is 20.5. The second kappa shape index (κ2) is 22.1. The van der Waals surface area contributed by atoms with Gasteiger partial charge in [0.25, 0.3) is 0 Å². The topological polar surface area (TPSA) is 176 Å². The molecule has 2 aliphatic rings. The van der Waals surface area contributed by atoms with Crippen LogP contribution in [0.15, 0.2) is 84.9 Å². The maximum absolute atomic E-state index is 14.4. The largest absolute Gasteiger partial charge is 0.441 e. The van der Waals surface area contributed by atoms with Crippen LogP contribution in [0, 0.1) is 18.3 Å². The lowest BCUT2D eigenvalue weighted by atomic mass is 9.93. The van der Waals surface area contributed by atoms with Crippen molar-refractivity contribution in [2.45, 2.75) is 83.1 Å². The van der Waals surface area contributed by atoms with Crippen LogP contribution < -0.4 is 16.0 Å². The smallest absolute Gasteiger partial charge is 0.339 e. The van der Waals surface area contributed by atoms with Crippen molar-refractivity contribution in [1.29, 1.82) is 0 Å². The van der Waals surface area contributed by atoms with Crippen LogP contribution in [0.5, 0.6) is 0 Å². The lowest BCUT2D eigenvalue weighted by molar-refractivity contribution is -0.147. The molecular formula is C47H57N5O9. The normalized spacial score (nSPS) is 18.0. The molecule has 0 bridgehead atoms. The lowest BCUT2D eigenvalue weighted by Gasteiger charge is -2.34. The fourth-order valence-electron chi connectivity index (χ4n) is 7.03. The van der Waals surface area contributed by atoms with Crippen LogP contribution in [-0.2, 0) is 51.0 Å². The van der Waals surface area contributed by atoms with Gasteiger partial charge in [0.1, 0.15) is 23.7 Å². The zero-order valence-corrected chi connectivity index (χ0v) is 35.4. The first-order valence-electron chi connectivity index (χ1n) is 20.8. The molecule has 0 spiro atoms. The van der Waals surface area contributed by atoms with E-state index < -0.39 is 66.1 Å². The molecule has 0 unspecified atom stereocenters. The van der Waals surface area contributed by atoms with Crippen LogP contribution in [0.1, 0.15) is 67.6 Å². The molecule has 5 atom stereocenters. The summed E-state index contributed by atoms with van der Waals surface area (Å²) in [5.74, 6) is -0.768. The van der Waals surface area contributed by atoms with E-state index in [1.165, 1.54) is 17.9 Å². The van der Waals surface area contributed by atoms with Gasteiger partial charge >= 0.3 is 5.97 Å². The summed E-state index contributed by atoms with van der Waals surface area (Å²) in [7, 11) is 0. The van der Waals surface area contributed by atoms with E-state index in [9.17, 15) is 28.8 Å². The van der Waals surface area contributed by atoms with Crippen molar-refractivity contribution >= 4 is 35.4 Å². The third-order valence-corrected chi connectivity index (χ3v) is 10.7. The summed E-state index contributed by atoms with van der Waals surface area (Å²) in [6.45, 7) is 8.56.